The molecule has 0 bridgehead atoms. The van der Waals surface area contributed by atoms with Gasteiger partial charge in [0, 0.05) is 56.3 Å². The molecule has 3 heterocycles. The first kappa shape index (κ1) is 20.3. The predicted octanol–water partition coefficient (Wildman–Crippen LogP) is 2.82. The SMILES string of the molecule is C=CC(=O)N1CCCN(c2ccc(C(C)C(=O)Cc3cc(C4CC4)n[nH]3)cn2)CC1. The lowest BCUT2D eigenvalue weighted by Gasteiger charge is -2.22. The number of aromatic amines is 1. The molecule has 0 radical (unpaired) electrons. The first-order valence-corrected chi connectivity index (χ1v) is 10.7. The van der Waals surface area contributed by atoms with Crippen molar-refractivity contribution in [3.63, 3.8) is 0 Å². The van der Waals surface area contributed by atoms with Crippen LogP contribution in [0.1, 0.15) is 55.0 Å². The Morgan fingerprint density at radius 3 is 2.80 bits per heavy atom. The van der Waals surface area contributed by atoms with Gasteiger partial charge in [0.05, 0.1) is 5.69 Å². The van der Waals surface area contributed by atoms with Gasteiger partial charge < -0.3 is 9.80 Å². The van der Waals surface area contributed by atoms with E-state index in [4.69, 9.17) is 0 Å². The Hall–Kier alpha value is -2.96. The van der Waals surface area contributed by atoms with Crippen molar-refractivity contribution in [1.82, 2.24) is 20.1 Å². The summed E-state index contributed by atoms with van der Waals surface area (Å²) in [5.74, 6) is 1.39. The van der Waals surface area contributed by atoms with Crippen molar-refractivity contribution in [2.24, 2.45) is 0 Å². The maximum atomic E-state index is 12.7. The Morgan fingerprint density at radius 2 is 2.10 bits per heavy atom. The Labute approximate surface area is 177 Å². The Bertz CT molecular complexity index is 916. The number of ketones is 1. The number of nitrogens with one attached hydrogen (secondary N) is 1. The number of nitrogens with zero attached hydrogens (tertiary/aromatic N) is 4. The third-order valence-corrected chi connectivity index (χ3v) is 6.07. The van der Waals surface area contributed by atoms with Crippen LogP contribution < -0.4 is 4.90 Å². The molecule has 4 rings (SSSR count). The standard InChI is InChI=1S/C23H29N5O2/c1-3-23(30)28-10-4-9-27(11-12-28)22-8-7-18(15-24-22)16(2)21(29)14-19-13-20(26-25-19)17-5-6-17/h3,7-8,13,15-17H,1,4-6,9-12,14H2,2H3,(H,25,26). The summed E-state index contributed by atoms with van der Waals surface area (Å²) in [6.07, 6.45) is 6.83. The molecule has 7 nitrogen and oxygen atoms in total. The van der Waals surface area contributed by atoms with Crippen LogP contribution in [-0.2, 0) is 16.0 Å². The summed E-state index contributed by atoms with van der Waals surface area (Å²) in [5, 5.41) is 7.34. The van der Waals surface area contributed by atoms with Gasteiger partial charge in [0.25, 0.3) is 0 Å². The smallest absolute Gasteiger partial charge is 0.246 e. The van der Waals surface area contributed by atoms with Gasteiger partial charge in [-0.25, -0.2) is 4.98 Å². The fraction of sp³-hybridized carbons (Fsp3) is 0.478. The van der Waals surface area contributed by atoms with Crippen LogP contribution in [0, 0.1) is 0 Å². The molecule has 1 aliphatic heterocycles. The highest BCUT2D eigenvalue weighted by Gasteiger charge is 2.27. The van der Waals surface area contributed by atoms with Crippen molar-refractivity contribution in [3.8, 4) is 0 Å². The highest BCUT2D eigenvalue weighted by Crippen LogP contribution is 2.39. The summed E-state index contributed by atoms with van der Waals surface area (Å²) >= 11 is 0. The fourth-order valence-electron chi connectivity index (χ4n) is 3.92. The number of carbonyl (C=O) groups is 2. The number of amides is 1. The summed E-state index contributed by atoms with van der Waals surface area (Å²) in [6.45, 7) is 8.50. The molecule has 2 aromatic heterocycles. The molecule has 0 aromatic carbocycles. The van der Waals surface area contributed by atoms with Crippen LogP contribution in [0.3, 0.4) is 0 Å². The van der Waals surface area contributed by atoms with Crippen LogP contribution in [0.2, 0.25) is 0 Å². The molecule has 7 heteroatoms. The molecule has 1 saturated heterocycles. The molecule has 2 aromatic rings. The molecule has 1 atom stereocenters. The lowest BCUT2D eigenvalue weighted by atomic mass is 9.95. The first-order valence-electron chi connectivity index (χ1n) is 10.7. The number of carbonyl (C=O) groups excluding carboxylic acids is 2. The van der Waals surface area contributed by atoms with Gasteiger partial charge in [0.1, 0.15) is 11.6 Å². The second kappa shape index (κ2) is 8.81. The summed E-state index contributed by atoms with van der Waals surface area (Å²) in [6, 6.07) is 6.00. The normalized spacial score (nSPS) is 18.0. The van der Waals surface area contributed by atoms with E-state index in [1.165, 1.54) is 18.9 Å². The molecule has 1 aliphatic carbocycles. The third kappa shape index (κ3) is 4.61. The monoisotopic (exact) mass is 407 g/mol. The molecule has 1 saturated carbocycles. The van der Waals surface area contributed by atoms with E-state index >= 15 is 0 Å². The van der Waals surface area contributed by atoms with E-state index in [9.17, 15) is 9.59 Å². The average molecular weight is 408 g/mol. The predicted molar refractivity (Wildman–Crippen MR) is 116 cm³/mol. The molecular weight excluding hydrogens is 378 g/mol. The molecule has 2 fully saturated rings. The van der Waals surface area contributed by atoms with Crippen molar-refractivity contribution < 1.29 is 9.59 Å². The zero-order chi connectivity index (χ0) is 21.1. The third-order valence-electron chi connectivity index (χ3n) is 6.07. The number of hydrogen-bond donors (Lipinski definition) is 1. The summed E-state index contributed by atoms with van der Waals surface area (Å²) in [5.41, 5.74) is 2.90. The summed E-state index contributed by atoms with van der Waals surface area (Å²) < 4.78 is 0. The van der Waals surface area contributed by atoms with Crippen molar-refractivity contribution in [2.75, 3.05) is 31.1 Å². The van der Waals surface area contributed by atoms with E-state index in [-0.39, 0.29) is 17.6 Å². The van der Waals surface area contributed by atoms with Crippen LogP contribution in [0.25, 0.3) is 0 Å². The minimum absolute atomic E-state index is 0.0194. The summed E-state index contributed by atoms with van der Waals surface area (Å²) in [7, 11) is 0. The van der Waals surface area contributed by atoms with Gasteiger partial charge in [-0.2, -0.15) is 5.10 Å². The first-order chi connectivity index (χ1) is 14.5. The number of Topliss-reactive ketones (excluding diaryl/α,β-unsaturated/α-hetero) is 1. The van der Waals surface area contributed by atoms with E-state index in [1.807, 2.05) is 30.0 Å². The topological polar surface area (TPSA) is 82.2 Å². The molecule has 2 aliphatic rings. The molecule has 1 amide bonds. The minimum atomic E-state index is -0.218. The lowest BCUT2D eigenvalue weighted by Crippen LogP contribution is -2.34. The van der Waals surface area contributed by atoms with Gasteiger partial charge in [0.2, 0.25) is 5.91 Å². The van der Waals surface area contributed by atoms with E-state index < -0.39 is 0 Å². The van der Waals surface area contributed by atoms with Crippen molar-refractivity contribution in [3.05, 3.63) is 54.0 Å². The van der Waals surface area contributed by atoms with Gasteiger partial charge in [-0.15, -0.1) is 0 Å². The van der Waals surface area contributed by atoms with E-state index in [0.717, 1.165) is 48.8 Å². The van der Waals surface area contributed by atoms with Crippen molar-refractivity contribution in [2.45, 2.75) is 44.4 Å². The van der Waals surface area contributed by atoms with Crippen LogP contribution in [-0.4, -0.2) is 58.0 Å². The Morgan fingerprint density at radius 1 is 1.27 bits per heavy atom. The van der Waals surface area contributed by atoms with Gasteiger partial charge >= 0.3 is 0 Å². The molecular formula is C23H29N5O2. The van der Waals surface area contributed by atoms with Gasteiger partial charge in [0.15, 0.2) is 0 Å². The summed E-state index contributed by atoms with van der Waals surface area (Å²) in [4.78, 5) is 33.2. The zero-order valence-corrected chi connectivity index (χ0v) is 17.5. The number of rotatable bonds is 7. The molecule has 1 N–H and O–H groups in total. The number of aromatic nitrogens is 3. The minimum Gasteiger partial charge on any atom is -0.355 e. The van der Waals surface area contributed by atoms with Gasteiger partial charge in [-0.3, -0.25) is 14.7 Å². The van der Waals surface area contributed by atoms with E-state index in [1.54, 1.807) is 6.20 Å². The highest BCUT2D eigenvalue weighted by atomic mass is 16.2. The number of pyridine rings is 1. The average Bonchev–Trinajstić information content (AvgIpc) is 3.56. The lowest BCUT2D eigenvalue weighted by molar-refractivity contribution is -0.125. The van der Waals surface area contributed by atoms with Crippen molar-refractivity contribution >= 4 is 17.5 Å². The van der Waals surface area contributed by atoms with Crippen LogP contribution in [0.15, 0.2) is 37.1 Å². The Balaban J connectivity index is 1.35. The van der Waals surface area contributed by atoms with Crippen molar-refractivity contribution in [1.29, 1.82) is 0 Å². The highest BCUT2D eigenvalue weighted by molar-refractivity contribution is 5.87. The van der Waals surface area contributed by atoms with E-state index in [2.05, 4.69) is 26.7 Å². The molecule has 158 valence electrons. The molecule has 1 unspecified atom stereocenters. The Kier molecular flexibility index (Phi) is 5.97. The van der Waals surface area contributed by atoms with Crippen LogP contribution in [0.5, 0.6) is 0 Å². The fourth-order valence-corrected chi connectivity index (χ4v) is 3.92. The molecule has 0 spiro atoms. The largest absolute Gasteiger partial charge is 0.355 e. The van der Waals surface area contributed by atoms with Gasteiger partial charge in [-0.1, -0.05) is 19.6 Å². The molecule has 30 heavy (non-hydrogen) atoms. The quantitative estimate of drug-likeness (QED) is 0.714. The second-order valence-corrected chi connectivity index (χ2v) is 8.28. The maximum Gasteiger partial charge on any atom is 0.246 e. The second-order valence-electron chi connectivity index (χ2n) is 8.28. The van der Waals surface area contributed by atoms with Crippen LogP contribution >= 0.6 is 0 Å². The number of H-pyrrole nitrogens is 1. The zero-order valence-electron chi connectivity index (χ0n) is 17.5. The van der Waals surface area contributed by atoms with Crippen LogP contribution in [0.4, 0.5) is 5.82 Å². The van der Waals surface area contributed by atoms with Gasteiger partial charge in [-0.05, 0) is 43.0 Å². The maximum absolute atomic E-state index is 12.7. The van der Waals surface area contributed by atoms with E-state index in [0.29, 0.717) is 18.9 Å². The number of anilines is 1. The number of hydrogen-bond acceptors (Lipinski definition) is 5.